The summed E-state index contributed by atoms with van der Waals surface area (Å²) in [5.41, 5.74) is 5.69. The molecule has 0 spiro atoms. The van der Waals surface area contributed by atoms with Crippen molar-refractivity contribution in [2.24, 2.45) is 5.73 Å². The first-order valence-electron chi connectivity index (χ1n) is 5.91. The highest BCUT2D eigenvalue weighted by Gasteiger charge is 2.17. The lowest BCUT2D eigenvalue weighted by Crippen LogP contribution is -2.36. The van der Waals surface area contributed by atoms with Crippen molar-refractivity contribution in [2.75, 3.05) is 20.8 Å². The molecule has 0 amide bonds. The highest BCUT2D eigenvalue weighted by molar-refractivity contribution is 7.89. The second-order valence-corrected chi connectivity index (χ2v) is 5.80. The van der Waals surface area contributed by atoms with Crippen molar-refractivity contribution in [1.29, 1.82) is 0 Å². The fourth-order valence-electron chi connectivity index (χ4n) is 1.43. The van der Waals surface area contributed by atoms with Crippen LogP contribution in [-0.2, 0) is 10.0 Å². The number of hydrogen-bond donors (Lipinski definition) is 2. The summed E-state index contributed by atoms with van der Waals surface area (Å²) < 4.78 is 36.7. The Hall–Kier alpha value is -1.31. The minimum atomic E-state index is -3.59. The van der Waals surface area contributed by atoms with Gasteiger partial charge in [0, 0.05) is 18.7 Å². The summed E-state index contributed by atoms with van der Waals surface area (Å²) in [6, 6.07) is 4.22. The van der Waals surface area contributed by atoms with Crippen LogP contribution in [0.5, 0.6) is 11.5 Å². The van der Waals surface area contributed by atoms with E-state index in [1.165, 1.54) is 26.4 Å². The smallest absolute Gasteiger partial charge is 0.240 e. The molecule has 0 aliphatic heterocycles. The number of hydrogen-bond acceptors (Lipinski definition) is 5. The third-order valence-electron chi connectivity index (χ3n) is 2.73. The van der Waals surface area contributed by atoms with Crippen molar-refractivity contribution < 1.29 is 17.9 Å². The summed E-state index contributed by atoms with van der Waals surface area (Å²) in [6.07, 6.45) is 0.703. The van der Waals surface area contributed by atoms with Crippen LogP contribution in [0.3, 0.4) is 0 Å². The number of rotatable bonds is 7. The Kier molecular flexibility index (Phi) is 5.59. The highest BCUT2D eigenvalue weighted by Crippen LogP contribution is 2.29. The van der Waals surface area contributed by atoms with Crippen molar-refractivity contribution in [3.63, 3.8) is 0 Å². The average Bonchev–Trinajstić information content (AvgIpc) is 2.43. The Morgan fingerprint density at radius 1 is 1.26 bits per heavy atom. The summed E-state index contributed by atoms with van der Waals surface area (Å²) in [7, 11) is -0.645. The summed E-state index contributed by atoms with van der Waals surface area (Å²) >= 11 is 0. The molecule has 7 heteroatoms. The molecule has 0 fully saturated rings. The van der Waals surface area contributed by atoms with Crippen LogP contribution in [0, 0.1) is 0 Å². The van der Waals surface area contributed by atoms with E-state index in [1.54, 1.807) is 6.07 Å². The van der Waals surface area contributed by atoms with Crippen LogP contribution in [0.4, 0.5) is 0 Å². The van der Waals surface area contributed by atoms with Gasteiger partial charge in [0.25, 0.3) is 0 Å². The number of nitrogens with two attached hydrogens (primary N) is 1. The Labute approximate surface area is 113 Å². The van der Waals surface area contributed by atoms with Crippen LogP contribution in [0.1, 0.15) is 13.3 Å². The van der Waals surface area contributed by atoms with Gasteiger partial charge in [0.05, 0.1) is 19.1 Å². The fourth-order valence-corrected chi connectivity index (χ4v) is 2.54. The van der Waals surface area contributed by atoms with Crippen LogP contribution in [0.2, 0.25) is 0 Å². The minimum Gasteiger partial charge on any atom is -0.493 e. The van der Waals surface area contributed by atoms with Gasteiger partial charge in [0.2, 0.25) is 10.0 Å². The maximum atomic E-state index is 12.1. The summed E-state index contributed by atoms with van der Waals surface area (Å²) in [4.78, 5) is 0.119. The van der Waals surface area contributed by atoms with E-state index in [-0.39, 0.29) is 17.5 Å². The van der Waals surface area contributed by atoms with E-state index >= 15 is 0 Å². The second-order valence-electron chi connectivity index (χ2n) is 4.04. The van der Waals surface area contributed by atoms with Gasteiger partial charge in [-0.3, -0.25) is 0 Å². The van der Waals surface area contributed by atoms with Crippen LogP contribution < -0.4 is 19.9 Å². The molecule has 0 saturated heterocycles. The first kappa shape index (κ1) is 15.7. The highest BCUT2D eigenvalue weighted by atomic mass is 32.2. The first-order valence-corrected chi connectivity index (χ1v) is 7.40. The standard InChI is InChI=1S/C12H20N2O4S/c1-4-9(13)8-14-19(15,16)10-5-6-11(17-2)12(7-10)18-3/h5-7,9,14H,4,8,13H2,1-3H3. The van der Waals surface area contributed by atoms with Gasteiger partial charge in [-0.1, -0.05) is 6.92 Å². The topological polar surface area (TPSA) is 90.7 Å². The van der Waals surface area contributed by atoms with Gasteiger partial charge >= 0.3 is 0 Å². The zero-order chi connectivity index (χ0) is 14.5. The van der Waals surface area contributed by atoms with Gasteiger partial charge < -0.3 is 15.2 Å². The van der Waals surface area contributed by atoms with E-state index in [1.807, 2.05) is 6.92 Å². The fraction of sp³-hybridized carbons (Fsp3) is 0.500. The lowest BCUT2D eigenvalue weighted by molar-refractivity contribution is 0.354. The summed E-state index contributed by atoms with van der Waals surface area (Å²) in [5, 5.41) is 0. The van der Waals surface area contributed by atoms with E-state index in [9.17, 15) is 8.42 Å². The number of nitrogens with one attached hydrogen (secondary N) is 1. The molecule has 3 N–H and O–H groups in total. The predicted octanol–water partition coefficient (Wildman–Crippen LogP) is 0.719. The number of methoxy groups -OCH3 is 2. The molecule has 0 radical (unpaired) electrons. The van der Waals surface area contributed by atoms with Gasteiger partial charge in [-0.2, -0.15) is 0 Å². The molecule has 0 bridgehead atoms. The molecule has 19 heavy (non-hydrogen) atoms. The maximum Gasteiger partial charge on any atom is 0.240 e. The first-order chi connectivity index (χ1) is 8.94. The van der Waals surface area contributed by atoms with Crippen LogP contribution in [0.15, 0.2) is 23.1 Å². The van der Waals surface area contributed by atoms with Gasteiger partial charge in [-0.15, -0.1) is 0 Å². The predicted molar refractivity (Wildman–Crippen MR) is 73.0 cm³/mol. The number of ether oxygens (including phenoxy) is 2. The third-order valence-corrected chi connectivity index (χ3v) is 4.15. The largest absolute Gasteiger partial charge is 0.493 e. The Balaban J connectivity index is 2.95. The lowest BCUT2D eigenvalue weighted by atomic mass is 10.2. The molecule has 1 aromatic rings. The molecule has 0 aliphatic carbocycles. The number of sulfonamides is 1. The summed E-state index contributed by atoms with van der Waals surface area (Å²) in [6.45, 7) is 2.10. The van der Waals surface area contributed by atoms with Crippen molar-refractivity contribution in [2.45, 2.75) is 24.3 Å². The van der Waals surface area contributed by atoms with Gasteiger partial charge in [-0.05, 0) is 18.6 Å². The van der Waals surface area contributed by atoms with Crippen molar-refractivity contribution in [3.05, 3.63) is 18.2 Å². The molecule has 0 heterocycles. The average molecular weight is 288 g/mol. The van der Waals surface area contributed by atoms with Crippen molar-refractivity contribution in [3.8, 4) is 11.5 Å². The molecule has 0 aliphatic rings. The monoisotopic (exact) mass is 288 g/mol. The third kappa shape index (κ3) is 4.09. The molecule has 1 atom stereocenters. The SMILES string of the molecule is CCC(N)CNS(=O)(=O)c1ccc(OC)c(OC)c1. The molecule has 0 aromatic heterocycles. The van der Waals surface area contributed by atoms with Crippen molar-refractivity contribution >= 4 is 10.0 Å². The lowest BCUT2D eigenvalue weighted by Gasteiger charge is -2.13. The summed E-state index contributed by atoms with van der Waals surface area (Å²) in [5.74, 6) is 0.844. The van der Waals surface area contributed by atoms with E-state index in [2.05, 4.69) is 4.72 Å². The maximum absolute atomic E-state index is 12.1. The molecule has 1 unspecified atom stereocenters. The quantitative estimate of drug-likeness (QED) is 0.771. The van der Waals surface area contributed by atoms with Gasteiger partial charge in [0.15, 0.2) is 11.5 Å². The molecule has 0 saturated carbocycles. The Morgan fingerprint density at radius 3 is 2.42 bits per heavy atom. The van der Waals surface area contributed by atoms with E-state index in [0.29, 0.717) is 17.9 Å². The second kappa shape index (κ2) is 6.74. The Morgan fingerprint density at radius 2 is 1.89 bits per heavy atom. The van der Waals surface area contributed by atoms with Crippen molar-refractivity contribution in [1.82, 2.24) is 4.72 Å². The normalized spacial score (nSPS) is 13.1. The zero-order valence-electron chi connectivity index (χ0n) is 11.3. The molecule has 1 rings (SSSR count). The molecular formula is C12H20N2O4S. The van der Waals surface area contributed by atoms with Gasteiger partial charge in [-0.25, -0.2) is 13.1 Å². The van der Waals surface area contributed by atoms with E-state index in [0.717, 1.165) is 0 Å². The van der Waals surface area contributed by atoms with Crippen LogP contribution in [0.25, 0.3) is 0 Å². The number of benzene rings is 1. The minimum absolute atomic E-state index is 0.119. The zero-order valence-corrected chi connectivity index (χ0v) is 12.2. The van der Waals surface area contributed by atoms with Crippen LogP contribution in [-0.4, -0.2) is 35.2 Å². The molecule has 6 nitrogen and oxygen atoms in total. The van der Waals surface area contributed by atoms with E-state index < -0.39 is 10.0 Å². The molecule has 108 valence electrons. The molecule has 1 aromatic carbocycles. The van der Waals surface area contributed by atoms with E-state index in [4.69, 9.17) is 15.2 Å². The van der Waals surface area contributed by atoms with Gasteiger partial charge in [0.1, 0.15) is 0 Å². The Bertz CT molecular complexity index is 516. The van der Waals surface area contributed by atoms with Crippen LogP contribution >= 0.6 is 0 Å². The molecular weight excluding hydrogens is 268 g/mol.